The Labute approximate surface area is 172 Å². The maximum absolute atomic E-state index is 3.47. The topological polar surface area (TPSA) is 12.0 Å². The molecule has 0 saturated heterocycles. The molecule has 5 rings (SSSR count). The van der Waals surface area contributed by atoms with E-state index in [0.717, 1.165) is 15.8 Å². The monoisotopic (exact) mass is 423 g/mol. The van der Waals surface area contributed by atoms with E-state index in [0.29, 0.717) is 0 Å². The number of anilines is 2. The smallest absolute Gasteiger partial charge is 0.0384 e. The molecule has 0 unspecified atom stereocenters. The Balaban J connectivity index is 1.46. The quantitative estimate of drug-likeness (QED) is 0.288. The third kappa shape index (κ3) is 3.28. The summed E-state index contributed by atoms with van der Waals surface area (Å²) in [4.78, 5) is 0. The van der Waals surface area contributed by atoms with Gasteiger partial charge in [-0.3, -0.25) is 0 Å². The maximum atomic E-state index is 3.47. The largest absolute Gasteiger partial charge is 0.356 e. The molecule has 2 heteroatoms. The van der Waals surface area contributed by atoms with Gasteiger partial charge in [-0.1, -0.05) is 76.6 Å². The fraction of sp³-hybridized carbons (Fsp3) is 0. The highest BCUT2D eigenvalue weighted by Gasteiger charge is 2.04. The summed E-state index contributed by atoms with van der Waals surface area (Å²) in [7, 11) is 0. The van der Waals surface area contributed by atoms with Crippen molar-refractivity contribution in [1.29, 1.82) is 0 Å². The predicted octanol–water partition coefficient (Wildman–Crippen LogP) is 8.17. The van der Waals surface area contributed by atoms with Crippen LogP contribution in [-0.2, 0) is 0 Å². The van der Waals surface area contributed by atoms with Crippen molar-refractivity contribution in [1.82, 2.24) is 0 Å². The minimum atomic E-state index is 1.08. The van der Waals surface area contributed by atoms with Crippen LogP contribution in [0.3, 0.4) is 0 Å². The molecule has 0 bridgehead atoms. The standard InChI is InChI=1S/C26H18BrN/c27-22-10-14-24(15-11-22)28-23-12-7-18(8-13-23)20-9-16-26-21(17-20)6-5-19-3-1-2-4-25(19)26/h1-17,28H. The minimum Gasteiger partial charge on any atom is -0.356 e. The van der Waals surface area contributed by atoms with Crippen molar-refractivity contribution in [3.8, 4) is 11.1 Å². The second-order valence-electron chi connectivity index (χ2n) is 6.93. The number of benzene rings is 5. The fourth-order valence-corrected chi connectivity index (χ4v) is 3.90. The molecule has 134 valence electrons. The molecule has 5 aromatic carbocycles. The zero-order chi connectivity index (χ0) is 18.9. The SMILES string of the molecule is Brc1ccc(Nc2ccc(-c3ccc4c(ccc5ccccc54)c3)cc2)cc1. The predicted molar refractivity (Wildman–Crippen MR) is 124 cm³/mol. The van der Waals surface area contributed by atoms with Gasteiger partial charge in [0, 0.05) is 15.8 Å². The molecule has 5 aromatic rings. The lowest BCUT2D eigenvalue weighted by Crippen LogP contribution is -1.89. The van der Waals surface area contributed by atoms with Crippen LogP contribution in [0.5, 0.6) is 0 Å². The van der Waals surface area contributed by atoms with Crippen molar-refractivity contribution in [2.45, 2.75) is 0 Å². The van der Waals surface area contributed by atoms with Crippen LogP contribution in [0.15, 0.2) is 108 Å². The summed E-state index contributed by atoms with van der Waals surface area (Å²) in [6.07, 6.45) is 0. The van der Waals surface area contributed by atoms with Gasteiger partial charge in [-0.15, -0.1) is 0 Å². The van der Waals surface area contributed by atoms with Gasteiger partial charge in [-0.2, -0.15) is 0 Å². The van der Waals surface area contributed by atoms with Crippen LogP contribution >= 0.6 is 15.9 Å². The van der Waals surface area contributed by atoms with Gasteiger partial charge in [0.1, 0.15) is 0 Å². The van der Waals surface area contributed by atoms with E-state index in [1.54, 1.807) is 0 Å². The van der Waals surface area contributed by atoms with E-state index in [9.17, 15) is 0 Å². The molecule has 0 aliphatic heterocycles. The Morgan fingerprint density at radius 2 is 1.11 bits per heavy atom. The molecule has 0 spiro atoms. The average Bonchev–Trinajstić information content (AvgIpc) is 2.75. The minimum absolute atomic E-state index is 1.08. The number of rotatable bonds is 3. The van der Waals surface area contributed by atoms with Crippen LogP contribution in [0.2, 0.25) is 0 Å². The van der Waals surface area contributed by atoms with Gasteiger partial charge in [-0.05, 0) is 75.1 Å². The van der Waals surface area contributed by atoms with Gasteiger partial charge in [0.2, 0.25) is 0 Å². The van der Waals surface area contributed by atoms with E-state index in [-0.39, 0.29) is 0 Å². The van der Waals surface area contributed by atoms with E-state index in [1.165, 1.54) is 32.7 Å². The Morgan fingerprint density at radius 1 is 0.500 bits per heavy atom. The van der Waals surface area contributed by atoms with Crippen molar-refractivity contribution >= 4 is 48.8 Å². The van der Waals surface area contributed by atoms with Gasteiger partial charge in [0.05, 0.1) is 0 Å². The molecule has 0 fully saturated rings. The molecule has 0 radical (unpaired) electrons. The summed E-state index contributed by atoms with van der Waals surface area (Å²) in [6.45, 7) is 0. The van der Waals surface area contributed by atoms with Crippen LogP contribution in [0.1, 0.15) is 0 Å². The van der Waals surface area contributed by atoms with E-state index in [2.05, 4.69) is 112 Å². The van der Waals surface area contributed by atoms with Crippen molar-refractivity contribution in [3.05, 3.63) is 108 Å². The first-order valence-corrected chi connectivity index (χ1v) is 10.1. The van der Waals surface area contributed by atoms with Crippen LogP contribution in [0.25, 0.3) is 32.7 Å². The molecule has 0 saturated carbocycles. The van der Waals surface area contributed by atoms with Gasteiger partial charge in [0.25, 0.3) is 0 Å². The maximum Gasteiger partial charge on any atom is 0.0384 e. The zero-order valence-electron chi connectivity index (χ0n) is 15.2. The van der Waals surface area contributed by atoms with Gasteiger partial charge in [0.15, 0.2) is 0 Å². The highest BCUT2D eigenvalue weighted by Crippen LogP contribution is 2.30. The second-order valence-corrected chi connectivity index (χ2v) is 7.85. The van der Waals surface area contributed by atoms with Gasteiger partial charge in [-0.25, -0.2) is 0 Å². The molecular formula is C26H18BrN. The molecule has 1 nitrogen and oxygen atoms in total. The second kappa shape index (κ2) is 7.14. The molecule has 0 heterocycles. The third-order valence-corrected chi connectivity index (χ3v) is 5.62. The highest BCUT2D eigenvalue weighted by molar-refractivity contribution is 9.10. The lowest BCUT2D eigenvalue weighted by molar-refractivity contribution is 1.53. The molecular weight excluding hydrogens is 406 g/mol. The van der Waals surface area contributed by atoms with E-state index in [1.807, 2.05) is 12.1 Å². The van der Waals surface area contributed by atoms with Crippen LogP contribution in [-0.4, -0.2) is 0 Å². The number of hydrogen-bond donors (Lipinski definition) is 1. The molecule has 0 atom stereocenters. The van der Waals surface area contributed by atoms with Crippen molar-refractivity contribution in [2.24, 2.45) is 0 Å². The van der Waals surface area contributed by atoms with Crippen LogP contribution < -0.4 is 5.32 Å². The molecule has 0 aromatic heterocycles. The van der Waals surface area contributed by atoms with Crippen LogP contribution in [0.4, 0.5) is 11.4 Å². The zero-order valence-corrected chi connectivity index (χ0v) is 16.8. The first kappa shape index (κ1) is 17.0. The Morgan fingerprint density at radius 3 is 1.89 bits per heavy atom. The van der Waals surface area contributed by atoms with Crippen molar-refractivity contribution < 1.29 is 0 Å². The van der Waals surface area contributed by atoms with E-state index >= 15 is 0 Å². The molecule has 1 N–H and O–H groups in total. The van der Waals surface area contributed by atoms with E-state index in [4.69, 9.17) is 0 Å². The Bertz CT molecular complexity index is 1270. The molecule has 28 heavy (non-hydrogen) atoms. The number of halogens is 1. The van der Waals surface area contributed by atoms with Crippen molar-refractivity contribution in [3.63, 3.8) is 0 Å². The number of hydrogen-bond acceptors (Lipinski definition) is 1. The number of nitrogens with one attached hydrogen (secondary N) is 1. The average molecular weight is 424 g/mol. The summed E-state index contributed by atoms with van der Waals surface area (Å²) in [5.41, 5.74) is 4.61. The van der Waals surface area contributed by atoms with Gasteiger partial charge >= 0.3 is 0 Å². The first-order chi connectivity index (χ1) is 13.8. The lowest BCUT2D eigenvalue weighted by Gasteiger charge is -2.09. The normalized spacial score (nSPS) is 11.0. The number of fused-ring (bicyclic) bond motifs is 3. The highest BCUT2D eigenvalue weighted by atomic mass is 79.9. The molecule has 0 aliphatic rings. The molecule has 0 amide bonds. The summed E-state index contributed by atoms with van der Waals surface area (Å²) >= 11 is 3.47. The Hall–Kier alpha value is -3.10. The van der Waals surface area contributed by atoms with Gasteiger partial charge < -0.3 is 5.32 Å². The molecule has 0 aliphatic carbocycles. The summed E-state index contributed by atoms with van der Waals surface area (Å²) in [5, 5.41) is 8.60. The Kier molecular flexibility index (Phi) is 4.34. The third-order valence-electron chi connectivity index (χ3n) is 5.10. The van der Waals surface area contributed by atoms with Crippen molar-refractivity contribution in [2.75, 3.05) is 5.32 Å². The fourth-order valence-electron chi connectivity index (χ4n) is 3.64. The summed E-state index contributed by atoms with van der Waals surface area (Å²) in [5.74, 6) is 0. The lowest BCUT2D eigenvalue weighted by atomic mass is 9.97. The van der Waals surface area contributed by atoms with E-state index < -0.39 is 0 Å². The summed E-state index contributed by atoms with van der Waals surface area (Å²) < 4.78 is 1.08. The van der Waals surface area contributed by atoms with Crippen LogP contribution in [0, 0.1) is 0 Å². The summed E-state index contributed by atoms with van der Waals surface area (Å²) in [6, 6.07) is 36.5. The first-order valence-electron chi connectivity index (χ1n) is 9.31.